The molecule has 0 aliphatic heterocycles. The Morgan fingerprint density at radius 2 is 1.58 bits per heavy atom. The number of pyridine rings is 1. The van der Waals surface area contributed by atoms with Crippen LogP contribution in [0.2, 0.25) is 0 Å². The van der Waals surface area contributed by atoms with Crippen molar-refractivity contribution >= 4 is 27.7 Å². The molecule has 0 unspecified atom stereocenters. The number of amides is 1. The van der Waals surface area contributed by atoms with Crippen molar-refractivity contribution in [3.63, 3.8) is 0 Å². The minimum atomic E-state index is -0.156. The van der Waals surface area contributed by atoms with E-state index in [0.717, 1.165) is 33.3 Å². The van der Waals surface area contributed by atoms with Crippen molar-refractivity contribution in [2.75, 3.05) is 0 Å². The van der Waals surface area contributed by atoms with Gasteiger partial charge in [-0.15, -0.1) is 0 Å². The molecular weight excluding hydrogens is 444 g/mol. The number of hydrogen-bond donors (Lipinski definition) is 1. The molecule has 0 saturated heterocycles. The second kappa shape index (κ2) is 9.12. The first-order valence-electron chi connectivity index (χ1n) is 11.9. The monoisotopic (exact) mass is 468 g/mol. The van der Waals surface area contributed by atoms with Gasteiger partial charge in [-0.25, -0.2) is 9.67 Å². The number of benzene rings is 4. The summed E-state index contributed by atoms with van der Waals surface area (Å²) in [7, 11) is 0. The van der Waals surface area contributed by atoms with Crippen molar-refractivity contribution in [2.45, 2.75) is 13.5 Å². The molecule has 4 aromatic carbocycles. The molecule has 0 saturated carbocycles. The molecule has 5 heteroatoms. The molecule has 0 fully saturated rings. The number of aryl methyl sites for hydroxylation is 1. The van der Waals surface area contributed by atoms with E-state index >= 15 is 0 Å². The highest BCUT2D eigenvalue weighted by Gasteiger charge is 2.18. The Bertz CT molecular complexity index is 1700. The maximum atomic E-state index is 13.4. The fraction of sp³-hybridized carbons (Fsp3) is 0.0645. The fourth-order valence-electron chi connectivity index (χ4n) is 4.43. The molecule has 2 aromatic heterocycles. The summed E-state index contributed by atoms with van der Waals surface area (Å²) in [5.41, 5.74) is 5.99. The zero-order valence-electron chi connectivity index (χ0n) is 19.8. The zero-order valence-corrected chi connectivity index (χ0v) is 19.8. The number of nitrogens with one attached hydrogen (secondary N) is 1. The zero-order chi connectivity index (χ0) is 24.5. The van der Waals surface area contributed by atoms with E-state index in [0.29, 0.717) is 23.1 Å². The van der Waals surface area contributed by atoms with Crippen LogP contribution in [0, 0.1) is 6.92 Å². The largest absolute Gasteiger partial charge is 0.348 e. The van der Waals surface area contributed by atoms with Crippen LogP contribution in [0.15, 0.2) is 109 Å². The quantitative estimate of drug-likeness (QED) is 0.315. The number of aromatic nitrogens is 3. The molecule has 0 spiro atoms. The number of carbonyl (C=O) groups is 1. The molecule has 0 radical (unpaired) electrons. The lowest BCUT2D eigenvalue weighted by molar-refractivity contribution is 0.0952. The lowest BCUT2D eigenvalue weighted by Gasteiger charge is -2.11. The van der Waals surface area contributed by atoms with Crippen molar-refractivity contribution in [3.8, 4) is 16.9 Å². The van der Waals surface area contributed by atoms with Crippen molar-refractivity contribution in [3.05, 3.63) is 126 Å². The van der Waals surface area contributed by atoms with Gasteiger partial charge in [0.2, 0.25) is 0 Å². The molecule has 1 amide bonds. The first kappa shape index (κ1) is 21.7. The van der Waals surface area contributed by atoms with E-state index in [9.17, 15) is 4.79 Å². The summed E-state index contributed by atoms with van der Waals surface area (Å²) in [6.07, 6.45) is 1.73. The topological polar surface area (TPSA) is 59.8 Å². The molecule has 6 aromatic rings. The Labute approximate surface area is 209 Å². The van der Waals surface area contributed by atoms with E-state index < -0.39 is 0 Å². The van der Waals surface area contributed by atoms with Gasteiger partial charge in [-0.05, 0) is 47.5 Å². The van der Waals surface area contributed by atoms with E-state index in [1.807, 2.05) is 72.8 Å². The summed E-state index contributed by atoms with van der Waals surface area (Å²) in [6.45, 7) is 2.50. The molecule has 0 aliphatic carbocycles. The predicted molar refractivity (Wildman–Crippen MR) is 144 cm³/mol. The summed E-state index contributed by atoms with van der Waals surface area (Å²) in [4.78, 5) is 18.4. The van der Waals surface area contributed by atoms with Crippen LogP contribution in [0.3, 0.4) is 0 Å². The number of fused-ring (bicyclic) bond motifs is 2. The van der Waals surface area contributed by atoms with Gasteiger partial charge in [0.25, 0.3) is 5.91 Å². The summed E-state index contributed by atoms with van der Waals surface area (Å²) in [5.74, 6) is -0.156. The van der Waals surface area contributed by atoms with Crippen LogP contribution in [0.25, 0.3) is 38.8 Å². The van der Waals surface area contributed by atoms with Crippen LogP contribution in [-0.2, 0) is 6.54 Å². The average Bonchev–Trinajstić information content (AvgIpc) is 3.36. The molecule has 6 rings (SSSR count). The van der Waals surface area contributed by atoms with E-state index in [1.165, 1.54) is 5.56 Å². The van der Waals surface area contributed by atoms with Gasteiger partial charge in [-0.2, -0.15) is 5.10 Å². The maximum Gasteiger partial charge on any atom is 0.252 e. The smallest absolute Gasteiger partial charge is 0.252 e. The second-order valence-electron chi connectivity index (χ2n) is 8.91. The van der Waals surface area contributed by atoms with Crippen LogP contribution in [0.1, 0.15) is 21.5 Å². The highest BCUT2D eigenvalue weighted by Crippen LogP contribution is 2.29. The molecular formula is C31H24N4O. The molecule has 0 atom stereocenters. The molecule has 2 heterocycles. The van der Waals surface area contributed by atoms with E-state index in [4.69, 9.17) is 4.98 Å². The number of rotatable bonds is 5. The van der Waals surface area contributed by atoms with Gasteiger partial charge in [0.1, 0.15) is 0 Å². The van der Waals surface area contributed by atoms with Crippen molar-refractivity contribution < 1.29 is 4.79 Å². The molecule has 0 bridgehead atoms. The number of nitrogens with zero attached hydrogens (tertiary/aromatic N) is 3. The maximum absolute atomic E-state index is 13.4. The Morgan fingerprint density at radius 1 is 0.833 bits per heavy atom. The number of hydrogen-bond acceptors (Lipinski definition) is 3. The van der Waals surface area contributed by atoms with Gasteiger partial charge in [-0.1, -0.05) is 84.4 Å². The highest BCUT2D eigenvalue weighted by atomic mass is 16.1. The van der Waals surface area contributed by atoms with Crippen molar-refractivity contribution in [1.29, 1.82) is 0 Å². The molecule has 174 valence electrons. The van der Waals surface area contributed by atoms with Crippen LogP contribution >= 0.6 is 0 Å². The lowest BCUT2D eigenvalue weighted by Crippen LogP contribution is -2.23. The summed E-state index contributed by atoms with van der Waals surface area (Å²) in [6, 6.07) is 34.4. The SMILES string of the molecule is Cc1ccc(-n2ncc3c(C(=O)NCc4ccccc4)cc(-c4ccc5ccccc5c4)nc32)cc1. The van der Waals surface area contributed by atoms with Crippen LogP contribution < -0.4 is 5.32 Å². The normalized spacial score (nSPS) is 11.1. The Balaban J connectivity index is 1.48. The average molecular weight is 469 g/mol. The molecule has 0 aliphatic rings. The fourth-order valence-corrected chi connectivity index (χ4v) is 4.43. The van der Waals surface area contributed by atoms with E-state index in [1.54, 1.807) is 10.9 Å². The van der Waals surface area contributed by atoms with Crippen LogP contribution in [-0.4, -0.2) is 20.7 Å². The van der Waals surface area contributed by atoms with E-state index in [2.05, 4.69) is 47.7 Å². The molecule has 1 N–H and O–H groups in total. The van der Waals surface area contributed by atoms with Crippen LogP contribution in [0.4, 0.5) is 0 Å². The summed E-state index contributed by atoms with van der Waals surface area (Å²) >= 11 is 0. The lowest BCUT2D eigenvalue weighted by atomic mass is 10.0. The van der Waals surface area contributed by atoms with Gasteiger partial charge in [-0.3, -0.25) is 4.79 Å². The number of carbonyl (C=O) groups excluding carboxylic acids is 1. The van der Waals surface area contributed by atoms with Gasteiger partial charge in [0, 0.05) is 12.1 Å². The van der Waals surface area contributed by atoms with Crippen molar-refractivity contribution in [1.82, 2.24) is 20.1 Å². The second-order valence-corrected chi connectivity index (χ2v) is 8.91. The van der Waals surface area contributed by atoms with Crippen LogP contribution in [0.5, 0.6) is 0 Å². The van der Waals surface area contributed by atoms with Gasteiger partial charge < -0.3 is 5.32 Å². The van der Waals surface area contributed by atoms with Crippen molar-refractivity contribution in [2.24, 2.45) is 0 Å². The third-order valence-corrected chi connectivity index (χ3v) is 6.41. The predicted octanol–water partition coefficient (Wildman–Crippen LogP) is 6.48. The first-order chi connectivity index (χ1) is 17.7. The molecule has 36 heavy (non-hydrogen) atoms. The van der Waals surface area contributed by atoms with Gasteiger partial charge in [0.15, 0.2) is 5.65 Å². The molecule has 5 nitrogen and oxygen atoms in total. The summed E-state index contributed by atoms with van der Waals surface area (Å²) in [5, 5.41) is 10.7. The summed E-state index contributed by atoms with van der Waals surface area (Å²) < 4.78 is 1.80. The van der Waals surface area contributed by atoms with Gasteiger partial charge >= 0.3 is 0 Å². The van der Waals surface area contributed by atoms with E-state index in [-0.39, 0.29) is 5.91 Å². The van der Waals surface area contributed by atoms with Gasteiger partial charge in [0.05, 0.1) is 28.5 Å². The minimum Gasteiger partial charge on any atom is -0.348 e. The Kier molecular flexibility index (Phi) is 5.51. The Hall–Kier alpha value is -4.77. The Morgan fingerprint density at radius 3 is 2.39 bits per heavy atom. The third-order valence-electron chi connectivity index (χ3n) is 6.41. The first-order valence-corrected chi connectivity index (χ1v) is 11.9. The highest BCUT2D eigenvalue weighted by molar-refractivity contribution is 6.07. The minimum absolute atomic E-state index is 0.156. The third kappa shape index (κ3) is 4.12. The standard InChI is InChI=1S/C31H24N4O/c1-21-11-15-26(16-12-21)35-30-28(20-33-35)27(31(36)32-19-22-7-3-2-4-8-22)18-29(34-30)25-14-13-23-9-5-6-10-24(23)17-25/h2-18,20H,19H2,1H3,(H,32,36).